The summed E-state index contributed by atoms with van der Waals surface area (Å²) in [5.74, 6) is -5.15. The van der Waals surface area contributed by atoms with Crippen LogP contribution in [0.15, 0.2) is 24.5 Å². The molecule has 1 aromatic carbocycles. The molecule has 218 valence electrons. The number of likely N-dealkylation sites (tertiary alicyclic amines) is 2. The molecular weight excluding hydrogens is 573 g/mol. The summed E-state index contributed by atoms with van der Waals surface area (Å²) >= 11 is 6.21. The predicted molar refractivity (Wildman–Crippen MR) is 138 cm³/mol. The van der Waals surface area contributed by atoms with E-state index in [-0.39, 0.29) is 66.0 Å². The monoisotopic (exact) mass is 597 g/mol. The maximum atomic E-state index is 15.3. The molecule has 15 heteroatoms. The molecule has 3 fully saturated rings. The largest absolute Gasteiger partial charge is 0.382 e. The number of nitrogens with zero attached hydrogens (tertiary/aromatic N) is 5. The number of halogens is 6. The number of benzene rings is 1. The van der Waals surface area contributed by atoms with Gasteiger partial charge in [0.05, 0.1) is 42.0 Å². The lowest BCUT2D eigenvalue weighted by Gasteiger charge is -2.38. The molecule has 0 bridgehead atoms. The molecule has 0 radical (unpaired) electrons. The van der Waals surface area contributed by atoms with Gasteiger partial charge in [-0.2, -0.15) is 5.10 Å². The van der Waals surface area contributed by atoms with Gasteiger partial charge in [0.2, 0.25) is 5.91 Å². The summed E-state index contributed by atoms with van der Waals surface area (Å²) in [7, 11) is 0. The quantitative estimate of drug-likeness (QED) is 0.423. The summed E-state index contributed by atoms with van der Waals surface area (Å²) in [5, 5.41) is 6.46. The number of rotatable bonds is 6. The minimum absolute atomic E-state index is 0.0548. The number of carbonyl (C=O) groups is 2. The number of amides is 2. The van der Waals surface area contributed by atoms with Crippen LogP contribution in [-0.2, 0) is 11.3 Å². The maximum absolute atomic E-state index is 15.3. The smallest absolute Gasteiger partial charge is 0.272 e. The third-order valence-electron chi connectivity index (χ3n) is 7.85. The molecule has 6 rings (SSSR count). The summed E-state index contributed by atoms with van der Waals surface area (Å²) < 4.78 is 71.4. The predicted octanol–water partition coefficient (Wildman–Crippen LogP) is 3.25. The number of fused-ring (bicyclic) bond motifs is 1. The zero-order valence-electron chi connectivity index (χ0n) is 21.5. The summed E-state index contributed by atoms with van der Waals surface area (Å²) in [4.78, 5) is 32.4. The number of alkyl halides is 4. The van der Waals surface area contributed by atoms with Gasteiger partial charge < -0.3 is 16.0 Å². The molecule has 0 unspecified atom stereocenters. The second-order valence-corrected chi connectivity index (χ2v) is 11.3. The van der Waals surface area contributed by atoms with Crippen LogP contribution in [0, 0.1) is 11.7 Å². The number of hydrogen-bond donors (Lipinski definition) is 2. The molecule has 3 aliphatic rings. The van der Waals surface area contributed by atoms with Crippen molar-refractivity contribution < 1.29 is 31.5 Å². The van der Waals surface area contributed by atoms with Gasteiger partial charge in [-0.1, -0.05) is 11.6 Å². The fourth-order valence-corrected chi connectivity index (χ4v) is 5.91. The first kappa shape index (κ1) is 27.6. The molecule has 4 heterocycles. The van der Waals surface area contributed by atoms with Crippen molar-refractivity contribution in [3.8, 4) is 11.3 Å². The van der Waals surface area contributed by atoms with Crippen molar-refractivity contribution in [1.82, 2.24) is 29.7 Å². The van der Waals surface area contributed by atoms with Crippen molar-refractivity contribution in [2.45, 2.75) is 43.7 Å². The molecule has 1 saturated carbocycles. The minimum atomic E-state index is -2.79. The third kappa shape index (κ3) is 5.07. The number of anilines is 1. The van der Waals surface area contributed by atoms with Crippen LogP contribution in [0.25, 0.3) is 16.8 Å². The van der Waals surface area contributed by atoms with E-state index in [1.807, 2.05) is 0 Å². The van der Waals surface area contributed by atoms with Gasteiger partial charge in [-0.3, -0.25) is 14.5 Å². The zero-order valence-corrected chi connectivity index (χ0v) is 22.2. The van der Waals surface area contributed by atoms with Crippen LogP contribution in [0.2, 0.25) is 5.02 Å². The zero-order chi connectivity index (χ0) is 29.2. The maximum Gasteiger partial charge on any atom is 0.272 e. The van der Waals surface area contributed by atoms with Crippen LogP contribution in [0.5, 0.6) is 0 Å². The Balaban J connectivity index is 1.26. The number of hydrogen-bond acceptors (Lipinski definition) is 6. The number of nitrogens with two attached hydrogens (primary N) is 1. The van der Waals surface area contributed by atoms with Crippen molar-refractivity contribution in [1.29, 1.82) is 0 Å². The Morgan fingerprint density at radius 1 is 1.15 bits per heavy atom. The van der Waals surface area contributed by atoms with Crippen LogP contribution in [0.3, 0.4) is 0 Å². The minimum Gasteiger partial charge on any atom is -0.382 e. The Morgan fingerprint density at radius 3 is 2.56 bits per heavy atom. The molecule has 2 saturated heterocycles. The van der Waals surface area contributed by atoms with Crippen LogP contribution in [0.1, 0.15) is 28.8 Å². The molecule has 9 nitrogen and oxygen atoms in total. The first-order valence-electron chi connectivity index (χ1n) is 13.0. The van der Waals surface area contributed by atoms with Gasteiger partial charge in [-0.05, 0) is 36.6 Å². The second kappa shape index (κ2) is 10.1. The van der Waals surface area contributed by atoms with Crippen LogP contribution < -0.4 is 11.1 Å². The molecule has 2 atom stereocenters. The third-order valence-corrected chi connectivity index (χ3v) is 8.16. The fraction of sp³-hybridized carbons (Fsp3) is 0.462. The van der Waals surface area contributed by atoms with E-state index in [9.17, 15) is 27.2 Å². The van der Waals surface area contributed by atoms with Gasteiger partial charge in [0.15, 0.2) is 5.82 Å². The van der Waals surface area contributed by atoms with Crippen molar-refractivity contribution >= 4 is 34.7 Å². The highest BCUT2D eigenvalue weighted by molar-refractivity contribution is 6.34. The van der Waals surface area contributed by atoms with E-state index in [2.05, 4.69) is 15.4 Å². The number of aromatic nitrogens is 3. The topological polar surface area (TPSA) is 109 Å². The van der Waals surface area contributed by atoms with E-state index in [1.54, 1.807) is 0 Å². The number of nitrogens with one attached hydrogen (secondary N) is 1. The lowest BCUT2D eigenvalue weighted by atomic mass is 9.82. The van der Waals surface area contributed by atoms with Crippen molar-refractivity contribution in [3.63, 3.8) is 0 Å². The van der Waals surface area contributed by atoms with Crippen molar-refractivity contribution in [2.75, 3.05) is 31.9 Å². The van der Waals surface area contributed by atoms with E-state index in [4.69, 9.17) is 17.3 Å². The average Bonchev–Trinajstić information content (AvgIpc) is 3.41. The Morgan fingerprint density at radius 2 is 1.88 bits per heavy atom. The molecule has 2 aliphatic heterocycles. The highest BCUT2D eigenvalue weighted by Gasteiger charge is 2.44. The summed E-state index contributed by atoms with van der Waals surface area (Å²) in [6, 6.07) is 2.62. The van der Waals surface area contributed by atoms with E-state index < -0.39 is 55.0 Å². The standard InChI is InChI=1S/C26H25ClF5N7O2/c27-17-5-18(29)16(21-3-13(6-37-9-26(31,32)10-37)22-23(33)34-11-35-39(21)22)4-15(17)24(40)36-20-8-38(7-19(20)30)25(41)12-1-14(28)2-12/h3-5,11-12,14,19-20H,1-2,6-10H2,(H,36,40)(H2,33,34,35)/t12?,14?,19-,20+/m0/s1. The van der Waals surface area contributed by atoms with Gasteiger partial charge in [0.1, 0.15) is 30.0 Å². The van der Waals surface area contributed by atoms with Crippen molar-refractivity contribution in [3.05, 3.63) is 46.5 Å². The molecular formula is C26H25ClF5N7O2. The highest BCUT2D eigenvalue weighted by Crippen LogP contribution is 2.36. The van der Waals surface area contributed by atoms with Gasteiger partial charge in [0, 0.05) is 24.6 Å². The van der Waals surface area contributed by atoms with Crippen molar-refractivity contribution in [2.24, 2.45) is 5.92 Å². The lowest BCUT2D eigenvalue weighted by molar-refractivity contribution is -0.139. The summed E-state index contributed by atoms with van der Waals surface area (Å²) in [5.41, 5.74) is 6.78. The Hall–Kier alpha value is -3.52. The van der Waals surface area contributed by atoms with Gasteiger partial charge in [-0.25, -0.2) is 31.5 Å². The lowest BCUT2D eigenvalue weighted by Crippen LogP contribution is -2.55. The number of nitrogen functional groups attached to an aromatic ring is 1. The number of carbonyl (C=O) groups excluding carboxylic acids is 2. The van der Waals surface area contributed by atoms with E-state index in [1.165, 1.54) is 26.4 Å². The summed E-state index contributed by atoms with van der Waals surface area (Å²) in [6.45, 7) is -1.12. The molecule has 1 aliphatic carbocycles. The molecule has 3 N–H and O–H groups in total. The van der Waals surface area contributed by atoms with Crippen LogP contribution in [-0.4, -0.2) is 86.7 Å². The average molecular weight is 598 g/mol. The Bertz CT molecular complexity index is 1540. The SMILES string of the molecule is Nc1ncnn2c(-c3cc(C(=O)N[C@@H]4CN(C(=O)C5CC(F)C5)C[C@@H]4F)c(Cl)cc3F)cc(CN3CC(F)(F)C3)c12. The molecule has 0 spiro atoms. The van der Waals surface area contributed by atoms with E-state index in [0.717, 1.165) is 12.4 Å². The van der Waals surface area contributed by atoms with E-state index >= 15 is 4.39 Å². The molecule has 41 heavy (non-hydrogen) atoms. The van der Waals surface area contributed by atoms with Crippen LogP contribution >= 0.6 is 11.6 Å². The normalized spacial score (nSPS) is 25.7. The van der Waals surface area contributed by atoms with Crippen LogP contribution in [0.4, 0.5) is 27.8 Å². The van der Waals surface area contributed by atoms with Gasteiger partial charge >= 0.3 is 0 Å². The summed E-state index contributed by atoms with van der Waals surface area (Å²) in [6.07, 6.45) is -1.23. The Kier molecular flexibility index (Phi) is 6.80. The van der Waals surface area contributed by atoms with Gasteiger partial charge in [-0.15, -0.1) is 0 Å². The molecule has 3 aromatic rings. The highest BCUT2D eigenvalue weighted by atomic mass is 35.5. The fourth-order valence-electron chi connectivity index (χ4n) is 5.67. The first-order chi connectivity index (χ1) is 19.4. The van der Waals surface area contributed by atoms with E-state index in [0.29, 0.717) is 11.1 Å². The second-order valence-electron chi connectivity index (χ2n) is 10.9. The first-order valence-corrected chi connectivity index (χ1v) is 13.4. The molecule has 2 aromatic heterocycles. The molecule has 2 amide bonds. The Labute approximate surface area is 235 Å². The van der Waals surface area contributed by atoms with Gasteiger partial charge in [0.25, 0.3) is 11.8 Å².